The molecule has 178 valence electrons. The highest BCUT2D eigenvalue weighted by Gasteiger charge is 2.18. The van der Waals surface area contributed by atoms with Crippen LogP contribution in [-0.4, -0.2) is 39.2 Å². The summed E-state index contributed by atoms with van der Waals surface area (Å²) in [6.45, 7) is 4.12. The van der Waals surface area contributed by atoms with Crippen LogP contribution in [0.5, 0.6) is 0 Å². The predicted molar refractivity (Wildman–Crippen MR) is 135 cm³/mol. The monoisotopic (exact) mass is 478 g/mol. The molecule has 1 aliphatic rings. The van der Waals surface area contributed by atoms with E-state index in [0.29, 0.717) is 28.2 Å². The van der Waals surface area contributed by atoms with Gasteiger partial charge in [0.15, 0.2) is 5.16 Å². The van der Waals surface area contributed by atoms with Crippen LogP contribution >= 0.6 is 11.8 Å². The van der Waals surface area contributed by atoms with E-state index in [9.17, 15) is 14.4 Å². The second kappa shape index (κ2) is 10.9. The summed E-state index contributed by atoms with van der Waals surface area (Å²) >= 11 is 1.25. The van der Waals surface area contributed by atoms with Gasteiger partial charge in [-0.3, -0.25) is 19.0 Å². The van der Waals surface area contributed by atoms with Crippen molar-refractivity contribution in [3.05, 3.63) is 70.0 Å². The molecule has 1 aromatic heterocycles. The first-order chi connectivity index (χ1) is 16.4. The molecule has 0 atom stereocenters. The van der Waals surface area contributed by atoms with Gasteiger partial charge in [0, 0.05) is 17.6 Å². The minimum absolute atomic E-state index is 0.0456. The summed E-state index contributed by atoms with van der Waals surface area (Å²) in [5.41, 5.74) is 1.94. The largest absolute Gasteiger partial charge is 0.353 e. The van der Waals surface area contributed by atoms with Gasteiger partial charge in [-0.2, -0.15) is 0 Å². The molecule has 34 heavy (non-hydrogen) atoms. The Balaban J connectivity index is 1.56. The number of para-hydroxylation sites is 1. The molecule has 0 bridgehead atoms. The Hall–Kier alpha value is -3.13. The summed E-state index contributed by atoms with van der Waals surface area (Å²) in [7, 11) is 0. The van der Waals surface area contributed by atoms with E-state index in [1.54, 1.807) is 28.8 Å². The Kier molecular flexibility index (Phi) is 7.67. The number of nitrogens with zero attached hydrogens (tertiary/aromatic N) is 2. The molecule has 1 fully saturated rings. The van der Waals surface area contributed by atoms with Crippen LogP contribution in [0.1, 0.15) is 55.5 Å². The first kappa shape index (κ1) is 24.0. The Morgan fingerprint density at radius 3 is 2.50 bits per heavy atom. The minimum atomic E-state index is -0.152. The van der Waals surface area contributed by atoms with E-state index < -0.39 is 0 Å². The smallest absolute Gasteiger partial charge is 0.262 e. The number of carbonyl (C=O) groups is 2. The van der Waals surface area contributed by atoms with Crippen LogP contribution in [0, 0.1) is 0 Å². The van der Waals surface area contributed by atoms with Crippen molar-refractivity contribution in [3.8, 4) is 0 Å². The molecule has 0 radical (unpaired) electrons. The van der Waals surface area contributed by atoms with Crippen LogP contribution in [0.4, 0.5) is 0 Å². The normalized spacial score (nSPS) is 14.0. The highest BCUT2D eigenvalue weighted by molar-refractivity contribution is 7.99. The topological polar surface area (TPSA) is 93.1 Å². The van der Waals surface area contributed by atoms with Gasteiger partial charge in [-0.25, -0.2) is 4.98 Å². The number of carbonyl (C=O) groups excluding carboxylic acids is 2. The number of nitrogens with one attached hydrogen (secondary N) is 2. The van der Waals surface area contributed by atoms with Crippen molar-refractivity contribution in [2.45, 2.75) is 63.3 Å². The molecular weight excluding hydrogens is 448 g/mol. The molecule has 0 saturated heterocycles. The zero-order chi connectivity index (χ0) is 24.1. The zero-order valence-electron chi connectivity index (χ0n) is 19.5. The fraction of sp³-hybridized carbons (Fsp3) is 0.385. The summed E-state index contributed by atoms with van der Waals surface area (Å²) in [6, 6.07) is 14.9. The van der Waals surface area contributed by atoms with Crippen LogP contribution < -0.4 is 16.2 Å². The van der Waals surface area contributed by atoms with Crippen molar-refractivity contribution in [2.24, 2.45) is 0 Å². The van der Waals surface area contributed by atoms with Gasteiger partial charge in [-0.05, 0) is 56.5 Å². The number of benzene rings is 2. The van der Waals surface area contributed by atoms with E-state index in [1.165, 1.54) is 11.8 Å². The molecule has 1 heterocycles. The lowest BCUT2D eigenvalue weighted by Gasteiger charge is -2.15. The fourth-order valence-electron chi connectivity index (χ4n) is 4.17. The van der Waals surface area contributed by atoms with E-state index in [-0.39, 0.29) is 35.2 Å². The summed E-state index contributed by atoms with van der Waals surface area (Å²) in [4.78, 5) is 42.7. The molecule has 0 unspecified atom stereocenters. The van der Waals surface area contributed by atoms with Gasteiger partial charge in [-0.1, -0.05) is 48.9 Å². The first-order valence-corrected chi connectivity index (χ1v) is 12.7. The van der Waals surface area contributed by atoms with Gasteiger partial charge >= 0.3 is 0 Å². The maximum Gasteiger partial charge on any atom is 0.262 e. The summed E-state index contributed by atoms with van der Waals surface area (Å²) in [5.74, 6) is 0.00505. The first-order valence-electron chi connectivity index (χ1n) is 11.7. The van der Waals surface area contributed by atoms with Gasteiger partial charge in [-0.15, -0.1) is 0 Å². The zero-order valence-corrected chi connectivity index (χ0v) is 20.4. The maximum atomic E-state index is 13.3. The third-order valence-electron chi connectivity index (χ3n) is 5.86. The Bertz CT molecular complexity index is 1230. The highest BCUT2D eigenvalue weighted by atomic mass is 32.2. The lowest BCUT2D eigenvalue weighted by molar-refractivity contribution is -0.119. The van der Waals surface area contributed by atoms with Crippen LogP contribution in [0.3, 0.4) is 0 Å². The van der Waals surface area contributed by atoms with E-state index in [4.69, 9.17) is 0 Å². The minimum Gasteiger partial charge on any atom is -0.353 e. The summed E-state index contributed by atoms with van der Waals surface area (Å²) < 4.78 is 1.60. The van der Waals surface area contributed by atoms with Gasteiger partial charge in [0.05, 0.1) is 23.2 Å². The molecule has 2 N–H and O–H groups in total. The number of fused-ring (bicyclic) bond motifs is 1. The number of amides is 2. The van der Waals surface area contributed by atoms with Gasteiger partial charge in [0.25, 0.3) is 11.5 Å². The standard InChI is InChI=1S/C26H30N4O3S/c1-17(2)27-23(31)16-34-26-29-22-10-6-5-9-21(22)25(33)30(26)15-18-11-13-19(14-12-18)24(32)28-20-7-3-4-8-20/h5-6,9-14,17,20H,3-4,7-8,15-16H2,1-2H3,(H,27,31)(H,28,32). The quantitative estimate of drug-likeness (QED) is 0.380. The van der Waals surface area contributed by atoms with Gasteiger partial charge in [0.2, 0.25) is 5.91 Å². The third-order valence-corrected chi connectivity index (χ3v) is 6.83. The van der Waals surface area contributed by atoms with E-state index >= 15 is 0 Å². The van der Waals surface area contributed by atoms with E-state index in [0.717, 1.165) is 31.2 Å². The van der Waals surface area contributed by atoms with Crippen LogP contribution in [0.2, 0.25) is 0 Å². The van der Waals surface area contributed by atoms with Gasteiger partial charge in [0.1, 0.15) is 0 Å². The molecule has 2 aromatic carbocycles. The average Bonchev–Trinajstić information content (AvgIpc) is 3.33. The average molecular weight is 479 g/mol. The molecule has 0 spiro atoms. The summed E-state index contributed by atoms with van der Waals surface area (Å²) in [6.07, 6.45) is 4.41. The maximum absolute atomic E-state index is 13.3. The SMILES string of the molecule is CC(C)NC(=O)CSc1nc2ccccc2c(=O)n1Cc1ccc(C(=O)NC2CCCC2)cc1. The van der Waals surface area contributed by atoms with Crippen molar-refractivity contribution in [1.29, 1.82) is 0 Å². The number of thioether (sulfide) groups is 1. The van der Waals surface area contributed by atoms with E-state index in [2.05, 4.69) is 15.6 Å². The van der Waals surface area contributed by atoms with E-state index in [1.807, 2.05) is 38.1 Å². The van der Waals surface area contributed by atoms with Crippen LogP contribution in [0.25, 0.3) is 10.9 Å². The lowest BCUT2D eigenvalue weighted by Crippen LogP contribution is -2.32. The van der Waals surface area contributed by atoms with Crippen LogP contribution in [0.15, 0.2) is 58.5 Å². The van der Waals surface area contributed by atoms with Crippen molar-refractivity contribution in [3.63, 3.8) is 0 Å². The van der Waals surface area contributed by atoms with Crippen molar-refractivity contribution < 1.29 is 9.59 Å². The molecule has 7 nitrogen and oxygen atoms in total. The van der Waals surface area contributed by atoms with Crippen molar-refractivity contribution in [2.75, 3.05) is 5.75 Å². The Morgan fingerprint density at radius 2 is 1.79 bits per heavy atom. The van der Waals surface area contributed by atoms with Gasteiger partial charge < -0.3 is 10.6 Å². The second-order valence-electron chi connectivity index (χ2n) is 8.97. The van der Waals surface area contributed by atoms with Crippen molar-refractivity contribution in [1.82, 2.24) is 20.2 Å². The molecule has 2 amide bonds. The van der Waals surface area contributed by atoms with Crippen molar-refractivity contribution >= 4 is 34.5 Å². The molecule has 1 saturated carbocycles. The molecule has 8 heteroatoms. The number of hydrogen-bond donors (Lipinski definition) is 2. The Morgan fingerprint density at radius 1 is 1.09 bits per heavy atom. The molecule has 1 aliphatic carbocycles. The fourth-order valence-corrected chi connectivity index (χ4v) is 4.98. The number of rotatable bonds is 8. The second-order valence-corrected chi connectivity index (χ2v) is 9.91. The molecular formula is C26H30N4O3S. The number of hydrogen-bond acceptors (Lipinski definition) is 5. The summed E-state index contributed by atoms with van der Waals surface area (Å²) in [5, 5.41) is 6.99. The molecule has 4 rings (SSSR count). The molecule has 0 aliphatic heterocycles. The molecule has 3 aromatic rings. The van der Waals surface area contributed by atoms with Crippen LogP contribution in [-0.2, 0) is 11.3 Å². The predicted octanol–water partition coefficient (Wildman–Crippen LogP) is 3.73. The Labute approximate surface area is 203 Å². The lowest BCUT2D eigenvalue weighted by atomic mass is 10.1. The highest BCUT2D eigenvalue weighted by Crippen LogP contribution is 2.20. The third kappa shape index (κ3) is 5.86. The number of aromatic nitrogens is 2.